The first-order valence-electron chi connectivity index (χ1n) is 15.3. The maximum absolute atomic E-state index is 16.0. The number of ether oxygens (including phenoxy) is 2. The number of hydrogen-bond donors (Lipinski definition) is 2. The lowest BCUT2D eigenvalue weighted by atomic mass is 9.90. The molecule has 1 aliphatic heterocycles. The average molecular weight is 670 g/mol. The Labute approximate surface area is 269 Å². The molecule has 0 spiro atoms. The van der Waals surface area contributed by atoms with Crippen molar-refractivity contribution in [3.8, 4) is 5.75 Å². The molecule has 1 saturated carbocycles. The number of halogens is 3. The number of alkyl halides is 2. The van der Waals surface area contributed by atoms with Crippen molar-refractivity contribution in [3.63, 3.8) is 0 Å². The van der Waals surface area contributed by atoms with Crippen molar-refractivity contribution in [2.45, 2.75) is 94.2 Å². The van der Waals surface area contributed by atoms with Crippen LogP contribution in [-0.4, -0.2) is 62.7 Å². The smallest absolute Gasteiger partial charge is 0.407 e. The first kappa shape index (κ1) is 34.9. The molecule has 13 heteroatoms. The predicted octanol–water partition coefficient (Wildman–Crippen LogP) is 6.25. The molecule has 4 rings (SSSR count). The van der Waals surface area contributed by atoms with Crippen LogP contribution in [0.3, 0.4) is 0 Å². The fourth-order valence-electron chi connectivity index (χ4n) is 5.53. The van der Waals surface area contributed by atoms with Gasteiger partial charge in [0.2, 0.25) is 15.9 Å². The second-order valence-electron chi connectivity index (χ2n) is 12.7. The molecule has 45 heavy (non-hydrogen) atoms. The highest BCUT2D eigenvalue weighted by molar-refractivity contribution is 7.89. The molecule has 2 aromatic rings. The molecular formula is C32H42ClF2N3O6S. The van der Waals surface area contributed by atoms with Crippen molar-refractivity contribution in [2.24, 2.45) is 5.92 Å². The van der Waals surface area contributed by atoms with Crippen LogP contribution in [-0.2, 0) is 25.5 Å². The Morgan fingerprint density at radius 2 is 1.56 bits per heavy atom. The number of carbonyl (C=O) groups excluding carboxylic acids is 2. The molecule has 2 aliphatic rings. The summed E-state index contributed by atoms with van der Waals surface area (Å²) in [5, 5.41) is 2.95. The predicted molar refractivity (Wildman–Crippen MR) is 167 cm³/mol. The molecule has 2 aromatic carbocycles. The van der Waals surface area contributed by atoms with E-state index in [9.17, 15) is 18.0 Å². The van der Waals surface area contributed by atoms with Crippen LogP contribution in [0.5, 0.6) is 5.75 Å². The summed E-state index contributed by atoms with van der Waals surface area (Å²) in [6.07, 6.45) is 5.67. The third-order valence-electron chi connectivity index (χ3n) is 7.98. The van der Waals surface area contributed by atoms with Crippen molar-refractivity contribution in [1.82, 2.24) is 14.9 Å². The Kier molecular flexibility index (Phi) is 11.4. The van der Waals surface area contributed by atoms with Crippen LogP contribution in [0.2, 0.25) is 5.02 Å². The number of nitrogens with one attached hydrogen (secondary N) is 2. The highest BCUT2D eigenvalue weighted by Gasteiger charge is 2.50. The van der Waals surface area contributed by atoms with Crippen LogP contribution in [0.15, 0.2) is 53.4 Å². The third-order valence-corrected chi connectivity index (χ3v) is 9.67. The highest BCUT2D eigenvalue weighted by Crippen LogP contribution is 2.35. The molecule has 0 bridgehead atoms. The van der Waals surface area contributed by atoms with E-state index in [4.69, 9.17) is 21.1 Å². The fourth-order valence-corrected chi connectivity index (χ4v) is 6.84. The summed E-state index contributed by atoms with van der Waals surface area (Å²) in [7, 11) is -4.57. The van der Waals surface area contributed by atoms with Gasteiger partial charge in [0.15, 0.2) is 6.04 Å². The number of rotatable bonds is 10. The van der Waals surface area contributed by atoms with Gasteiger partial charge in [-0.05, 0) is 88.8 Å². The van der Waals surface area contributed by atoms with Gasteiger partial charge < -0.3 is 19.7 Å². The van der Waals surface area contributed by atoms with Gasteiger partial charge in [0.1, 0.15) is 11.4 Å². The fraction of sp³-hybridized carbons (Fsp3) is 0.562. The van der Waals surface area contributed by atoms with Gasteiger partial charge in [-0.25, -0.2) is 13.2 Å². The zero-order chi connectivity index (χ0) is 32.8. The Morgan fingerprint density at radius 1 is 0.956 bits per heavy atom. The van der Waals surface area contributed by atoms with Crippen molar-refractivity contribution in [1.29, 1.82) is 0 Å². The molecule has 2 amide bonds. The topological polar surface area (TPSA) is 114 Å². The average Bonchev–Trinajstić information content (AvgIpc) is 2.99. The lowest BCUT2D eigenvalue weighted by Crippen LogP contribution is -2.58. The second kappa shape index (κ2) is 14.6. The normalized spacial score (nSPS) is 17.9. The monoisotopic (exact) mass is 669 g/mol. The Hall–Kier alpha value is -2.96. The lowest BCUT2D eigenvalue weighted by molar-refractivity contribution is -0.145. The summed E-state index contributed by atoms with van der Waals surface area (Å²) in [6.45, 7) is 5.78. The lowest BCUT2D eigenvalue weighted by Gasteiger charge is -2.36. The molecule has 1 unspecified atom stereocenters. The van der Waals surface area contributed by atoms with Gasteiger partial charge >= 0.3 is 6.09 Å². The zero-order valence-corrected chi connectivity index (χ0v) is 27.4. The summed E-state index contributed by atoms with van der Waals surface area (Å²) in [5.41, 5.74) is -1.26. The molecule has 1 heterocycles. The summed E-state index contributed by atoms with van der Waals surface area (Å²) in [6, 6.07) is 7.35. The van der Waals surface area contributed by atoms with Crippen LogP contribution < -0.4 is 14.8 Å². The van der Waals surface area contributed by atoms with E-state index in [0.717, 1.165) is 25.0 Å². The van der Waals surface area contributed by atoms with Gasteiger partial charge in [-0.2, -0.15) is 13.5 Å². The van der Waals surface area contributed by atoms with E-state index in [1.54, 1.807) is 20.8 Å². The number of carbonyl (C=O) groups is 2. The number of piperidine rings is 1. The van der Waals surface area contributed by atoms with Gasteiger partial charge in [0.25, 0.3) is 5.92 Å². The van der Waals surface area contributed by atoms with Crippen molar-refractivity contribution in [2.75, 3.05) is 19.7 Å². The first-order valence-corrected chi connectivity index (χ1v) is 17.2. The van der Waals surface area contributed by atoms with Gasteiger partial charge in [-0.1, -0.05) is 43.0 Å². The Bertz CT molecular complexity index is 1400. The standard InChI is InChI=1S/C32H42ClF2N3O6S/c1-31(2,3)44-30(40)36-25-17-19-38(20-18-25)29(39)28(32(34,35)23-9-11-24(33)12-10-23)37-45(41,42)27-15-13-26(14-16-27)43-21-22-7-5-4-6-8-22/h9-16,22,25,28,37H,4-8,17-21H2,1-3H3,(H,36,40). The minimum absolute atomic E-state index is 0.0290. The summed E-state index contributed by atoms with van der Waals surface area (Å²) in [4.78, 5) is 26.7. The molecule has 2 fully saturated rings. The van der Waals surface area contributed by atoms with E-state index in [-0.39, 0.29) is 41.9 Å². The Balaban J connectivity index is 1.48. The Morgan fingerprint density at radius 3 is 2.13 bits per heavy atom. The van der Waals surface area contributed by atoms with E-state index in [0.29, 0.717) is 18.3 Å². The van der Waals surface area contributed by atoms with Crippen molar-refractivity contribution < 1.29 is 36.3 Å². The maximum atomic E-state index is 16.0. The summed E-state index contributed by atoms with van der Waals surface area (Å²) < 4.78 is 72.1. The van der Waals surface area contributed by atoms with Gasteiger partial charge in [0, 0.05) is 29.7 Å². The number of amides is 2. The molecule has 1 aliphatic carbocycles. The van der Waals surface area contributed by atoms with Gasteiger partial charge in [-0.15, -0.1) is 0 Å². The number of sulfonamides is 1. The molecule has 2 N–H and O–H groups in total. The number of alkyl carbamates (subject to hydrolysis) is 1. The molecule has 9 nitrogen and oxygen atoms in total. The minimum Gasteiger partial charge on any atom is -0.493 e. The van der Waals surface area contributed by atoms with Crippen LogP contribution in [0.1, 0.15) is 71.3 Å². The zero-order valence-electron chi connectivity index (χ0n) is 25.9. The van der Waals surface area contributed by atoms with Crippen LogP contribution >= 0.6 is 11.6 Å². The first-order chi connectivity index (χ1) is 21.1. The van der Waals surface area contributed by atoms with E-state index >= 15 is 8.78 Å². The molecular weight excluding hydrogens is 628 g/mol. The van der Waals surface area contributed by atoms with Crippen LogP contribution in [0.25, 0.3) is 0 Å². The molecule has 1 atom stereocenters. The van der Waals surface area contributed by atoms with Crippen LogP contribution in [0.4, 0.5) is 13.6 Å². The molecule has 0 aromatic heterocycles. The quantitative estimate of drug-likeness (QED) is 0.309. The SMILES string of the molecule is CC(C)(C)OC(=O)NC1CCN(C(=O)C(NS(=O)(=O)c2ccc(OCC3CCCCC3)cc2)C(F)(F)c2ccc(Cl)cc2)CC1. The van der Waals surface area contributed by atoms with Crippen molar-refractivity contribution >= 4 is 33.6 Å². The van der Waals surface area contributed by atoms with Gasteiger partial charge in [0.05, 0.1) is 11.5 Å². The second-order valence-corrected chi connectivity index (χ2v) is 14.9. The molecule has 0 radical (unpaired) electrons. The van der Waals surface area contributed by atoms with Crippen molar-refractivity contribution in [3.05, 3.63) is 59.1 Å². The minimum atomic E-state index is -4.57. The van der Waals surface area contributed by atoms with E-state index in [2.05, 4.69) is 5.32 Å². The third kappa shape index (κ3) is 9.76. The maximum Gasteiger partial charge on any atom is 0.407 e. The van der Waals surface area contributed by atoms with E-state index < -0.39 is 45.2 Å². The largest absolute Gasteiger partial charge is 0.493 e. The van der Waals surface area contributed by atoms with Crippen LogP contribution in [0, 0.1) is 5.92 Å². The number of hydrogen-bond acceptors (Lipinski definition) is 6. The van der Waals surface area contributed by atoms with Gasteiger partial charge in [-0.3, -0.25) is 4.79 Å². The summed E-state index contributed by atoms with van der Waals surface area (Å²) in [5.74, 6) is -4.09. The molecule has 248 valence electrons. The number of likely N-dealkylation sites (tertiary alicyclic amines) is 1. The molecule has 1 saturated heterocycles. The number of benzene rings is 2. The number of nitrogens with zero attached hydrogens (tertiary/aromatic N) is 1. The highest BCUT2D eigenvalue weighted by atomic mass is 35.5. The van der Waals surface area contributed by atoms with E-state index in [1.807, 2.05) is 4.72 Å². The summed E-state index contributed by atoms with van der Waals surface area (Å²) >= 11 is 5.90. The van der Waals surface area contributed by atoms with E-state index in [1.165, 1.54) is 60.6 Å².